The van der Waals surface area contributed by atoms with Crippen LogP contribution in [-0.2, 0) is 4.79 Å². The molecule has 3 aliphatic rings. The number of piperazine rings is 1. The van der Waals surface area contributed by atoms with Crippen LogP contribution in [0.3, 0.4) is 0 Å². The largest absolute Gasteiger partial charge is 0.354 e. The minimum atomic E-state index is -0.00753. The number of benzene rings is 1. The summed E-state index contributed by atoms with van der Waals surface area (Å²) >= 11 is 1.85. The van der Waals surface area contributed by atoms with Crippen molar-refractivity contribution in [3.05, 3.63) is 41.6 Å². The number of rotatable bonds is 4. The zero-order valence-corrected chi connectivity index (χ0v) is 19.3. The maximum atomic E-state index is 12.7. The Morgan fingerprint density at radius 1 is 1.13 bits per heavy atom. The van der Waals surface area contributed by atoms with E-state index in [4.69, 9.17) is 5.10 Å². The molecule has 0 bridgehead atoms. The van der Waals surface area contributed by atoms with Crippen molar-refractivity contribution < 1.29 is 4.79 Å². The molecule has 0 aliphatic carbocycles. The Bertz CT molecular complexity index is 932. The van der Waals surface area contributed by atoms with Crippen LogP contribution in [0, 0.1) is 13.8 Å². The number of nitrogens with zero attached hydrogens (tertiary/aromatic N) is 5. The maximum absolute atomic E-state index is 12.7. The Hall–Kier alpha value is -2.03. The second-order valence-electron chi connectivity index (χ2n) is 8.85. The lowest BCUT2D eigenvalue weighted by molar-refractivity contribution is -0.131. The fraction of sp³-hybridized carbons (Fsp3) is 0.565. The molecule has 3 saturated heterocycles. The lowest BCUT2D eigenvalue weighted by atomic mass is 10.1. The molecule has 1 aromatic heterocycles. The molecular weight excluding hydrogens is 408 g/mol. The van der Waals surface area contributed by atoms with E-state index >= 15 is 0 Å². The van der Waals surface area contributed by atoms with E-state index in [9.17, 15) is 4.79 Å². The summed E-state index contributed by atoms with van der Waals surface area (Å²) in [6, 6.07) is 11.1. The van der Waals surface area contributed by atoms with Crippen molar-refractivity contribution >= 4 is 23.5 Å². The molecule has 8 heteroatoms. The predicted octanol–water partition coefficient (Wildman–Crippen LogP) is 1.87. The third-order valence-corrected chi connectivity index (χ3v) is 7.75. The summed E-state index contributed by atoms with van der Waals surface area (Å²) in [6.07, 6.45) is 0.931. The Balaban J connectivity index is 1.22. The summed E-state index contributed by atoms with van der Waals surface area (Å²) in [5.41, 5.74) is 3.42. The molecule has 4 heterocycles. The summed E-state index contributed by atoms with van der Waals surface area (Å²) in [5.74, 6) is 3.40. The quantitative estimate of drug-likeness (QED) is 0.784. The summed E-state index contributed by atoms with van der Waals surface area (Å²) in [6.45, 7) is 10.0. The van der Waals surface area contributed by atoms with E-state index in [0.717, 1.165) is 68.7 Å². The molecule has 5 rings (SSSR count). The van der Waals surface area contributed by atoms with Crippen molar-refractivity contribution in [3.63, 3.8) is 0 Å². The number of aryl methyl sites for hydroxylation is 2. The molecule has 3 fully saturated rings. The average molecular weight is 441 g/mol. The highest BCUT2D eigenvalue weighted by Gasteiger charge is 2.37. The highest BCUT2D eigenvalue weighted by atomic mass is 32.2. The highest BCUT2D eigenvalue weighted by molar-refractivity contribution is 7.99. The first-order valence-corrected chi connectivity index (χ1v) is 12.5. The van der Waals surface area contributed by atoms with Gasteiger partial charge in [0.25, 0.3) is 0 Å². The van der Waals surface area contributed by atoms with E-state index in [2.05, 4.69) is 64.0 Å². The van der Waals surface area contributed by atoms with Crippen molar-refractivity contribution in [1.29, 1.82) is 0 Å². The molecular formula is C23H32N6OS. The monoisotopic (exact) mass is 440 g/mol. The van der Waals surface area contributed by atoms with Gasteiger partial charge in [-0.15, -0.1) is 11.8 Å². The number of carbonyl (C=O) groups excluding carboxylic acids is 1. The Labute approximate surface area is 188 Å². The van der Waals surface area contributed by atoms with Gasteiger partial charge in [0.1, 0.15) is 5.82 Å². The van der Waals surface area contributed by atoms with Crippen LogP contribution in [-0.4, -0.2) is 88.5 Å². The van der Waals surface area contributed by atoms with Gasteiger partial charge in [-0.3, -0.25) is 9.69 Å². The van der Waals surface area contributed by atoms with E-state index in [1.54, 1.807) is 0 Å². The summed E-state index contributed by atoms with van der Waals surface area (Å²) in [7, 11) is 0. The first-order chi connectivity index (χ1) is 15.1. The van der Waals surface area contributed by atoms with Gasteiger partial charge in [-0.2, -0.15) is 5.10 Å². The minimum Gasteiger partial charge on any atom is -0.354 e. The summed E-state index contributed by atoms with van der Waals surface area (Å²) in [4.78, 5) is 19.8. The van der Waals surface area contributed by atoms with E-state index in [0.29, 0.717) is 11.9 Å². The fourth-order valence-electron chi connectivity index (χ4n) is 5.00. The summed E-state index contributed by atoms with van der Waals surface area (Å²) in [5, 5.41) is 8.28. The lowest BCUT2D eigenvalue weighted by Crippen LogP contribution is -2.51. The van der Waals surface area contributed by atoms with Crippen molar-refractivity contribution in [2.24, 2.45) is 0 Å². The molecule has 31 heavy (non-hydrogen) atoms. The first kappa shape index (κ1) is 20.8. The van der Waals surface area contributed by atoms with Crippen molar-refractivity contribution in [3.8, 4) is 5.69 Å². The molecule has 3 aliphatic heterocycles. The van der Waals surface area contributed by atoms with Gasteiger partial charge in [0.15, 0.2) is 0 Å². The van der Waals surface area contributed by atoms with Gasteiger partial charge in [-0.05, 0) is 31.9 Å². The smallest absolute Gasteiger partial charge is 0.240 e. The number of hydrogen-bond acceptors (Lipinski definition) is 6. The van der Waals surface area contributed by atoms with E-state index in [1.165, 1.54) is 11.4 Å². The molecule has 1 amide bonds. The van der Waals surface area contributed by atoms with Crippen LogP contribution >= 0.6 is 11.8 Å². The van der Waals surface area contributed by atoms with Gasteiger partial charge in [0.2, 0.25) is 5.91 Å². The zero-order chi connectivity index (χ0) is 21.4. The predicted molar refractivity (Wildman–Crippen MR) is 126 cm³/mol. The van der Waals surface area contributed by atoms with Crippen LogP contribution in [0.2, 0.25) is 0 Å². The maximum Gasteiger partial charge on any atom is 0.240 e. The van der Waals surface area contributed by atoms with E-state index in [-0.39, 0.29) is 6.04 Å². The number of aromatic nitrogens is 2. The van der Waals surface area contributed by atoms with Gasteiger partial charge >= 0.3 is 0 Å². The number of anilines is 1. The van der Waals surface area contributed by atoms with Gasteiger partial charge in [0.05, 0.1) is 23.3 Å². The second-order valence-corrected chi connectivity index (χ2v) is 9.93. The second kappa shape index (κ2) is 8.84. The molecule has 0 radical (unpaired) electrons. The third kappa shape index (κ3) is 4.21. The zero-order valence-electron chi connectivity index (χ0n) is 18.5. The number of thioether (sulfide) groups is 1. The number of carbonyl (C=O) groups is 1. The minimum absolute atomic E-state index is 0.00753. The normalized spacial score (nSPS) is 24.8. The molecule has 0 unspecified atom stereocenters. The van der Waals surface area contributed by atoms with Gasteiger partial charge in [-0.25, -0.2) is 4.68 Å². The Morgan fingerprint density at radius 2 is 1.94 bits per heavy atom. The molecule has 1 aromatic carbocycles. The van der Waals surface area contributed by atoms with Crippen LogP contribution < -0.4 is 10.2 Å². The van der Waals surface area contributed by atoms with Crippen LogP contribution in [0.1, 0.15) is 17.7 Å². The van der Waals surface area contributed by atoms with Gasteiger partial charge < -0.3 is 15.1 Å². The molecule has 2 atom stereocenters. The molecule has 166 valence electrons. The molecule has 0 spiro atoms. The van der Waals surface area contributed by atoms with Crippen LogP contribution in [0.5, 0.6) is 0 Å². The van der Waals surface area contributed by atoms with Crippen molar-refractivity contribution in [1.82, 2.24) is 24.9 Å². The van der Waals surface area contributed by atoms with Crippen molar-refractivity contribution in [2.45, 2.75) is 32.4 Å². The van der Waals surface area contributed by atoms with Crippen molar-refractivity contribution in [2.75, 3.05) is 55.8 Å². The van der Waals surface area contributed by atoms with E-state index in [1.807, 2.05) is 16.7 Å². The topological polar surface area (TPSA) is 56.6 Å². The van der Waals surface area contributed by atoms with Crippen LogP contribution in [0.4, 0.5) is 5.82 Å². The third-order valence-electron chi connectivity index (χ3n) is 6.78. The van der Waals surface area contributed by atoms with Gasteiger partial charge in [0, 0.05) is 57.1 Å². The fourth-order valence-corrected chi connectivity index (χ4v) is 5.95. The molecule has 0 saturated carbocycles. The molecule has 7 nitrogen and oxygen atoms in total. The van der Waals surface area contributed by atoms with Crippen LogP contribution in [0.25, 0.3) is 5.69 Å². The SMILES string of the molecule is Cc1cc(N2CCN([C@@H]3CN[C@H](C(=O)N4CCSC4)C3)CC2)n(-c2ccccc2C)n1. The summed E-state index contributed by atoms with van der Waals surface area (Å²) < 4.78 is 2.10. The number of amides is 1. The lowest BCUT2D eigenvalue weighted by Gasteiger charge is -2.38. The van der Waals surface area contributed by atoms with Crippen LogP contribution in [0.15, 0.2) is 30.3 Å². The first-order valence-electron chi connectivity index (χ1n) is 11.3. The standard InChI is InChI=1S/C23H32N6OS/c1-17-5-3-4-6-21(17)29-22(13-18(2)25-29)27-9-7-26(8-10-27)19-14-20(24-15-19)23(30)28-11-12-31-16-28/h3-6,13,19-20,24H,7-12,14-16H2,1-2H3/t19-,20-/m0/s1. The molecule has 2 aromatic rings. The van der Waals surface area contributed by atoms with Gasteiger partial charge in [-0.1, -0.05) is 18.2 Å². The average Bonchev–Trinajstić information content (AvgIpc) is 3.55. The number of nitrogens with one attached hydrogen (secondary N) is 1. The van der Waals surface area contributed by atoms with E-state index < -0.39 is 0 Å². The highest BCUT2D eigenvalue weighted by Crippen LogP contribution is 2.26. The number of para-hydroxylation sites is 1. The Kier molecular flexibility index (Phi) is 5.95. The Morgan fingerprint density at radius 3 is 2.68 bits per heavy atom. The number of hydrogen-bond donors (Lipinski definition) is 1. The molecule has 1 N–H and O–H groups in total.